The predicted molar refractivity (Wildman–Crippen MR) is 154 cm³/mol. The number of halogens is 3. The number of non-ortho nitro benzene ring substituents is 1. The number of alkyl halides is 3. The predicted octanol–water partition coefficient (Wildman–Crippen LogP) is 4.37. The molecule has 45 heavy (non-hydrogen) atoms. The van der Waals surface area contributed by atoms with Gasteiger partial charge in [-0.2, -0.15) is 13.2 Å². The van der Waals surface area contributed by atoms with E-state index in [1.807, 2.05) is 0 Å². The molecule has 1 saturated heterocycles. The van der Waals surface area contributed by atoms with Crippen LogP contribution in [-0.4, -0.2) is 64.0 Å². The van der Waals surface area contributed by atoms with Crippen LogP contribution in [0.15, 0.2) is 59.8 Å². The Balaban J connectivity index is 1.71. The molecular weight excluding hydrogens is 623 g/mol. The number of rotatable bonds is 14. The quantitative estimate of drug-likeness (QED) is 0.102. The van der Waals surface area contributed by atoms with Crippen molar-refractivity contribution in [3.8, 4) is 5.75 Å². The van der Waals surface area contributed by atoms with Gasteiger partial charge < -0.3 is 19.5 Å². The molecule has 2 amide bonds. The number of hydrogen-bond donors (Lipinski definition) is 1. The zero-order valence-corrected chi connectivity index (χ0v) is 25.2. The van der Waals surface area contributed by atoms with E-state index in [0.29, 0.717) is 11.1 Å². The maximum absolute atomic E-state index is 13.3. The smallest absolute Gasteiger partial charge is 0.416 e. The van der Waals surface area contributed by atoms with E-state index in [2.05, 4.69) is 5.32 Å². The fourth-order valence-electron chi connectivity index (χ4n) is 4.10. The van der Waals surface area contributed by atoms with Crippen molar-refractivity contribution in [3.63, 3.8) is 0 Å². The first-order chi connectivity index (χ1) is 21.2. The van der Waals surface area contributed by atoms with Crippen LogP contribution >= 0.6 is 11.8 Å². The van der Waals surface area contributed by atoms with Crippen molar-refractivity contribution < 1.29 is 51.5 Å². The molecule has 12 nitrogen and oxygen atoms in total. The molecule has 0 saturated carbocycles. The Morgan fingerprint density at radius 2 is 1.78 bits per heavy atom. The second-order valence-electron chi connectivity index (χ2n) is 9.73. The van der Waals surface area contributed by atoms with Gasteiger partial charge in [0.2, 0.25) is 0 Å². The first-order valence-corrected chi connectivity index (χ1v) is 14.6. The van der Waals surface area contributed by atoms with Gasteiger partial charge in [-0.05, 0) is 62.2 Å². The first kappa shape index (κ1) is 34.9. The third kappa shape index (κ3) is 9.44. The van der Waals surface area contributed by atoms with Crippen LogP contribution in [0.4, 0.5) is 18.9 Å². The van der Waals surface area contributed by atoms with E-state index in [1.54, 1.807) is 20.8 Å². The number of hydrogen-bond acceptors (Lipinski definition) is 10. The highest BCUT2D eigenvalue weighted by Crippen LogP contribution is 2.36. The number of nitro benzene ring substituents is 1. The van der Waals surface area contributed by atoms with E-state index in [0.717, 1.165) is 34.9 Å². The summed E-state index contributed by atoms with van der Waals surface area (Å²) in [6.45, 7) is 4.02. The van der Waals surface area contributed by atoms with Crippen LogP contribution in [0, 0.1) is 10.1 Å². The summed E-state index contributed by atoms with van der Waals surface area (Å²) in [6, 6.07) is 8.15. The normalized spacial score (nSPS) is 15.9. The average molecular weight is 654 g/mol. The van der Waals surface area contributed by atoms with E-state index in [9.17, 15) is 42.5 Å². The molecule has 1 N–H and O–H groups in total. The first-order valence-electron chi connectivity index (χ1n) is 13.5. The van der Waals surface area contributed by atoms with Gasteiger partial charge in [-0.15, -0.1) is 11.8 Å². The molecule has 1 aliphatic rings. The van der Waals surface area contributed by atoms with E-state index in [1.165, 1.54) is 30.3 Å². The van der Waals surface area contributed by atoms with Gasteiger partial charge in [0.1, 0.15) is 29.5 Å². The fraction of sp³-hybridized carbons (Fsp3) is 0.379. The Morgan fingerprint density at radius 1 is 1.09 bits per heavy atom. The summed E-state index contributed by atoms with van der Waals surface area (Å²) in [5.41, 5.74) is -0.328. The highest BCUT2D eigenvalue weighted by atomic mass is 32.2. The maximum atomic E-state index is 13.3. The topological polar surface area (TPSA) is 154 Å². The van der Waals surface area contributed by atoms with Crippen LogP contribution in [0.2, 0.25) is 0 Å². The van der Waals surface area contributed by atoms with Crippen molar-refractivity contribution in [1.29, 1.82) is 0 Å². The number of nitrogens with one attached hydrogen (secondary N) is 1. The van der Waals surface area contributed by atoms with E-state index in [4.69, 9.17) is 14.2 Å². The number of allylic oxidation sites excluding steroid dienone is 1. The molecule has 3 rings (SSSR count). The minimum absolute atomic E-state index is 0.0227. The molecule has 0 radical (unpaired) electrons. The fourth-order valence-corrected chi connectivity index (χ4v) is 5.36. The second kappa shape index (κ2) is 15.4. The van der Waals surface area contributed by atoms with Gasteiger partial charge in [0, 0.05) is 17.9 Å². The number of likely N-dealkylation sites (tertiary alicyclic amines) is 1. The number of esters is 2. The van der Waals surface area contributed by atoms with E-state index < -0.39 is 58.4 Å². The number of ether oxygens (including phenoxy) is 3. The summed E-state index contributed by atoms with van der Waals surface area (Å²) >= 11 is 1.10. The van der Waals surface area contributed by atoms with Crippen LogP contribution in [0.5, 0.6) is 5.75 Å². The van der Waals surface area contributed by atoms with Gasteiger partial charge in [0.15, 0.2) is 6.61 Å². The second-order valence-corrected chi connectivity index (χ2v) is 11.0. The number of nitrogens with zero attached hydrogens (tertiary/aromatic N) is 2. The van der Waals surface area contributed by atoms with Crippen LogP contribution in [0.3, 0.4) is 0 Å². The lowest BCUT2D eigenvalue weighted by atomic mass is 10.0. The molecule has 2 atom stereocenters. The maximum Gasteiger partial charge on any atom is 0.416 e. The number of nitro groups is 1. The molecular formula is C29H30F3N3O9S. The standard InChI is InChI=1S/C29H30F3N3O9S/c1-4-42-23(37)12-13-45-27-24(33-22(36)16-43-21-7-5-6-19(14-21)29(30,31)32)26(38)34(27)25(17(2)3)28(39)44-15-18-8-10-20(11-9-18)35(40)41/h5-11,14,24,27H,4,12-13,15-16H2,1-3H3,(H,33,36). The molecule has 242 valence electrons. The van der Waals surface area contributed by atoms with Crippen molar-refractivity contribution in [3.05, 3.63) is 81.0 Å². The van der Waals surface area contributed by atoms with Crippen molar-refractivity contribution >= 4 is 41.2 Å². The average Bonchev–Trinajstić information content (AvgIpc) is 2.99. The summed E-state index contributed by atoms with van der Waals surface area (Å²) < 4.78 is 54.5. The van der Waals surface area contributed by atoms with Crippen molar-refractivity contribution in [2.24, 2.45) is 0 Å². The van der Waals surface area contributed by atoms with Crippen LogP contribution in [0.25, 0.3) is 0 Å². The highest BCUT2D eigenvalue weighted by Gasteiger charge is 2.52. The van der Waals surface area contributed by atoms with E-state index in [-0.39, 0.29) is 42.5 Å². The minimum Gasteiger partial charge on any atom is -0.484 e. The summed E-state index contributed by atoms with van der Waals surface area (Å²) in [7, 11) is 0. The lowest BCUT2D eigenvalue weighted by Crippen LogP contribution is -2.70. The molecule has 0 bridgehead atoms. The number of β-lactam (4-membered cyclic amide) rings is 1. The largest absolute Gasteiger partial charge is 0.484 e. The number of benzene rings is 2. The van der Waals surface area contributed by atoms with Crippen molar-refractivity contribution in [2.45, 2.75) is 51.4 Å². The molecule has 1 aliphatic heterocycles. The summed E-state index contributed by atoms with van der Waals surface area (Å²) in [6.07, 6.45) is -4.63. The Bertz CT molecular complexity index is 1460. The Morgan fingerprint density at radius 3 is 2.38 bits per heavy atom. The molecule has 16 heteroatoms. The lowest BCUT2D eigenvalue weighted by molar-refractivity contribution is -0.384. The monoisotopic (exact) mass is 653 g/mol. The summed E-state index contributed by atoms with van der Waals surface area (Å²) in [5.74, 6) is -2.86. The Labute approximate surface area is 260 Å². The molecule has 1 fully saturated rings. The molecule has 2 aromatic rings. The van der Waals surface area contributed by atoms with Gasteiger partial charge in [-0.3, -0.25) is 29.4 Å². The molecule has 1 heterocycles. The van der Waals surface area contributed by atoms with Crippen LogP contribution in [-0.2, 0) is 41.4 Å². The SMILES string of the molecule is CCOC(=O)CCSC1C(NC(=O)COc2cccc(C(F)(F)F)c2)C(=O)N1C(C(=O)OCc1ccc([N+](=O)[O-])cc1)=C(C)C. The Hall–Kier alpha value is -4.60. The molecule has 0 aromatic heterocycles. The van der Waals surface area contributed by atoms with Gasteiger partial charge >= 0.3 is 18.1 Å². The molecule has 2 unspecified atom stereocenters. The molecule has 2 aromatic carbocycles. The molecule has 0 spiro atoms. The number of carbonyl (C=O) groups is 4. The third-order valence-corrected chi connectivity index (χ3v) is 7.48. The van der Waals surface area contributed by atoms with Gasteiger partial charge in [0.25, 0.3) is 17.5 Å². The van der Waals surface area contributed by atoms with E-state index >= 15 is 0 Å². The minimum atomic E-state index is -4.61. The summed E-state index contributed by atoms with van der Waals surface area (Å²) in [4.78, 5) is 62.5. The van der Waals surface area contributed by atoms with Gasteiger partial charge in [-0.1, -0.05) is 6.07 Å². The Kier molecular flexibility index (Phi) is 11.9. The zero-order valence-electron chi connectivity index (χ0n) is 24.4. The number of carbonyl (C=O) groups excluding carboxylic acids is 4. The van der Waals surface area contributed by atoms with Crippen molar-refractivity contribution in [1.82, 2.24) is 10.2 Å². The summed E-state index contributed by atoms with van der Waals surface area (Å²) in [5, 5.41) is 12.5. The number of amides is 2. The van der Waals surface area contributed by atoms with Crippen molar-refractivity contribution in [2.75, 3.05) is 19.0 Å². The van der Waals surface area contributed by atoms with Crippen LogP contribution in [0.1, 0.15) is 38.3 Å². The zero-order chi connectivity index (χ0) is 33.3. The lowest BCUT2D eigenvalue weighted by Gasteiger charge is -2.47. The van der Waals surface area contributed by atoms with Crippen LogP contribution < -0.4 is 10.1 Å². The number of thioether (sulfide) groups is 1. The van der Waals surface area contributed by atoms with Gasteiger partial charge in [0.05, 0.1) is 23.5 Å². The third-order valence-electron chi connectivity index (χ3n) is 6.22. The molecule has 0 aliphatic carbocycles. The highest BCUT2D eigenvalue weighted by molar-refractivity contribution is 8.00. The van der Waals surface area contributed by atoms with Gasteiger partial charge in [-0.25, -0.2) is 4.79 Å².